The average Bonchev–Trinajstić information content (AvgIpc) is 2.38. The highest BCUT2D eigenvalue weighted by molar-refractivity contribution is 6.01. The second-order valence-electron chi connectivity index (χ2n) is 4.43. The minimum atomic E-state index is -0.420. The Morgan fingerprint density at radius 1 is 1.00 bits per heavy atom. The van der Waals surface area contributed by atoms with Crippen molar-refractivity contribution in [3.05, 3.63) is 56.2 Å². The second-order valence-corrected chi connectivity index (χ2v) is 4.43. The number of aryl methyl sites for hydroxylation is 1. The normalized spacial score (nSPS) is 11.3. The van der Waals surface area contributed by atoms with Gasteiger partial charge in [-0.2, -0.15) is 0 Å². The zero-order valence-corrected chi connectivity index (χ0v) is 10.6. The highest BCUT2D eigenvalue weighted by atomic mass is 16.4. The third-order valence-corrected chi connectivity index (χ3v) is 3.31. The Labute approximate surface area is 108 Å². The van der Waals surface area contributed by atoms with Crippen molar-refractivity contribution in [3.63, 3.8) is 0 Å². The Kier molecular flexibility index (Phi) is 2.52. The molecule has 0 fully saturated rings. The van der Waals surface area contributed by atoms with Gasteiger partial charge in [0.05, 0.1) is 10.8 Å². The molecule has 2 aromatic heterocycles. The van der Waals surface area contributed by atoms with Crippen molar-refractivity contribution >= 4 is 21.9 Å². The minimum absolute atomic E-state index is 0.0191. The van der Waals surface area contributed by atoms with E-state index >= 15 is 0 Å². The number of hydrogen-bond donors (Lipinski definition) is 0. The van der Waals surface area contributed by atoms with Gasteiger partial charge in [0, 0.05) is 11.6 Å². The van der Waals surface area contributed by atoms with E-state index in [0.717, 1.165) is 0 Å². The first-order valence-corrected chi connectivity index (χ1v) is 6.11. The van der Waals surface area contributed by atoms with Crippen molar-refractivity contribution in [2.45, 2.75) is 20.3 Å². The lowest BCUT2D eigenvalue weighted by Gasteiger charge is -2.06. The molecular formula is C15H12O4. The zero-order chi connectivity index (χ0) is 13.6. The van der Waals surface area contributed by atoms with Crippen LogP contribution in [0.1, 0.15) is 18.2 Å². The predicted molar refractivity (Wildman–Crippen MR) is 72.6 cm³/mol. The van der Waals surface area contributed by atoms with Crippen LogP contribution in [0.5, 0.6) is 0 Å². The van der Waals surface area contributed by atoms with Crippen LogP contribution in [0, 0.1) is 6.92 Å². The van der Waals surface area contributed by atoms with Crippen LogP contribution < -0.4 is 11.1 Å². The molecule has 0 atom stereocenters. The van der Waals surface area contributed by atoms with Crippen molar-refractivity contribution < 1.29 is 8.83 Å². The van der Waals surface area contributed by atoms with Crippen LogP contribution in [0.15, 0.2) is 42.7 Å². The van der Waals surface area contributed by atoms with Gasteiger partial charge in [-0.3, -0.25) is 4.79 Å². The van der Waals surface area contributed by atoms with E-state index in [2.05, 4.69) is 0 Å². The van der Waals surface area contributed by atoms with Crippen LogP contribution in [0.2, 0.25) is 0 Å². The maximum absolute atomic E-state index is 12.3. The van der Waals surface area contributed by atoms with E-state index in [9.17, 15) is 9.59 Å². The molecule has 0 saturated heterocycles. The van der Waals surface area contributed by atoms with E-state index in [1.165, 1.54) is 6.07 Å². The van der Waals surface area contributed by atoms with E-state index in [-0.39, 0.29) is 5.43 Å². The van der Waals surface area contributed by atoms with E-state index in [0.29, 0.717) is 39.7 Å². The molecule has 0 unspecified atom stereocenters. The standard InChI is InChI=1S/C15H12O4/c1-3-9-8(2)18-15-10-5-7-13(16)19-12(10)6-4-11(15)14(9)17/h4-7H,3H2,1-2H3. The highest BCUT2D eigenvalue weighted by Crippen LogP contribution is 2.24. The van der Waals surface area contributed by atoms with Gasteiger partial charge in [0.2, 0.25) is 0 Å². The molecule has 0 aliphatic carbocycles. The van der Waals surface area contributed by atoms with Crippen molar-refractivity contribution in [2.24, 2.45) is 0 Å². The first kappa shape index (κ1) is 11.7. The summed E-state index contributed by atoms with van der Waals surface area (Å²) in [6, 6.07) is 6.22. The topological polar surface area (TPSA) is 60.4 Å². The molecule has 1 aromatic carbocycles. The molecule has 0 bridgehead atoms. The lowest BCUT2D eigenvalue weighted by molar-refractivity contribution is 0.549. The second kappa shape index (κ2) is 4.09. The molecule has 2 heterocycles. The van der Waals surface area contributed by atoms with Crippen molar-refractivity contribution in [3.8, 4) is 0 Å². The number of rotatable bonds is 1. The summed E-state index contributed by atoms with van der Waals surface area (Å²) >= 11 is 0. The van der Waals surface area contributed by atoms with Crippen molar-refractivity contribution in [2.75, 3.05) is 0 Å². The Hall–Kier alpha value is -2.36. The Balaban J connectivity index is 2.57. The van der Waals surface area contributed by atoms with E-state index in [4.69, 9.17) is 8.83 Å². The zero-order valence-electron chi connectivity index (χ0n) is 10.6. The fourth-order valence-corrected chi connectivity index (χ4v) is 2.36. The molecule has 0 aliphatic heterocycles. The summed E-state index contributed by atoms with van der Waals surface area (Å²) in [5, 5.41) is 1.16. The first-order chi connectivity index (χ1) is 9.11. The van der Waals surface area contributed by atoms with Gasteiger partial charge in [-0.1, -0.05) is 6.92 Å². The lowest BCUT2D eigenvalue weighted by atomic mass is 10.1. The van der Waals surface area contributed by atoms with Crippen LogP contribution in [-0.4, -0.2) is 0 Å². The number of benzene rings is 1. The molecule has 96 valence electrons. The fourth-order valence-electron chi connectivity index (χ4n) is 2.36. The third-order valence-electron chi connectivity index (χ3n) is 3.31. The summed E-state index contributed by atoms with van der Waals surface area (Å²) in [5.74, 6) is 0.610. The van der Waals surface area contributed by atoms with Crippen molar-refractivity contribution in [1.82, 2.24) is 0 Å². The van der Waals surface area contributed by atoms with Crippen LogP contribution in [0.4, 0.5) is 0 Å². The Morgan fingerprint density at radius 2 is 1.74 bits per heavy atom. The van der Waals surface area contributed by atoms with Crippen LogP contribution >= 0.6 is 0 Å². The van der Waals surface area contributed by atoms with Gasteiger partial charge in [-0.25, -0.2) is 4.79 Å². The molecule has 3 aromatic rings. The monoisotopic (exact) mass is 256 g/mol. The van der Waals surface area contributed by atoms with Crippen LogP contribution in [0.3, 0.4) is 0 Å². The summed E-state index contributed by atoms with van der Waals surface area (Å²) in [6.45, 7) is 3.70. The molecular weight excluding hydrogens is 244 g/mol. The molecule has 4 heteroatoms. The van der Waals surface area contributed by atoms with Crippen LogP contribution in [-0.2, 0) is 6.42 Å². The van der Waals surface area contributed by atoms with Gasteiger partial charge in [0.1, 0.15) is 16.9 Å². The van der Waals surface area contributed by atoms with Gasteiger partial charge in [-0.15, -0.1) is 0 Å². The SMILES string of the molecule is CCc1c(C)oc2c(ccc3oc(=O)ccc32)c1=O. The quantitative estimate of drug-likeness (QED) is 0.496. The largest absolute Gasteiger partial charge is 0.460 e. The number of fused-ring (bicyclic) bond motifs is 3. The van der Waals surface area contributed by atoms with Gasteiger partial charge >= 0.3 is 5.63 Å². The fraction of sp³-hybridized carbons (Fsp3) is 0.200. The molecule has 0 aliphatic rings. The van der Waals surface area contributed by atoms with Gasteiger partial charge in [0.25, 0.3) is 0 Å². The summed E-state index contributed by atoms with van der Waals surface area (Å²) in [7, 11) is 0. The molecule has 0 spiro atoms. The van der Waals surface area contributed by atoms with E-state index in [1.807, 2.05) is 6.92 Å². The predicted octanol–water partition coefficient (Wildman–Crippen LogP) is 2.77. The van der Waals surface area contributed by atoms with E-state index in [1.54, 1.807) is 25.1 Å². The molecule has 4 nitrogen and oxygen atoms in total. The first-order valence-electron chi connectivity index (χ1n) is 6.11. The minimum Gasteiger partial charge on any atom is -0.460 e. The lowest BCUT2D eigenvalue weighted by Crippen LogP contribution is -2.10. The Bertz CT molecular complexity index is 900. The van der Waals surface area contributed by atoms with Gasteiger partial charge in [0.15, 0.2) is 5.43 Å². The van der Waals surface area contributed by atoms with E-state index < -0.39 is 5.63 Å². The van der Waals surface area contributed by atoms with Crippen molar-refractivity contribution in [1.29, 1.82) is 0 Å². The highest BCUT2D eigenvalue weighted by Gasteiger charge is 2.13. The molecule has 0 radical (unpaired) electrons. The molecule has 0 amide bonds. The number of hydrogen-bond acceptors (Lipinski definition) is 4. The summed E-state index contributed by atoms with van der Waals surface area (Å²) in [6.07, 6.45) is 0.631. The third kappa shape index (κ3) is 1.68. The van der Waals surface area contributed by atoms with Gasteiger partial charge < -0.3 is 8.83 Å². The van der Waals surface area contributed by atoms with Gasteiger partial charge in [-0.05, 0) is 31.5 Å². The summed E-state index contributed by atoms with van der Waals surface area (Å²) < 4.78 is 10.8. The Morgan fingerprint density at radius 3 is 2.47 bits per heavy atom. The maximum atomic E-state index is 12.3. The summed E-state index contributed by atoms with van der Waals surface area (Å²) in [4.78, 5) is 23.5. The molecule has 0 N–H and O–H groups in total. The average molecular weight is 256 g/mol. The summed E-state index contributed by atoms with van der Waals surface area (Å²) in [5.41, 5.74) is 1.14. The smallest absolute Gasteiger partial charge is 0.336 e. The molecule has 0 saturated carbocycles. The maximum Gasteiger partial charge on any atom is 0.336 e. The molecule has 19 heavy (non-hydrogen) atoms. The molecule has 3 rings (SSSR count). The van der Waals surface area contributed by atoms with Crippen LogP contribution in [0.25, 0.3) is 21.9 Å².